The lowest BCUT2D eigenvalue weighted by Gasteiger charge is -2.09. The summed E-state index contributed by atoms with van der Waals surface area (Å²) in [5.41, 5.74) is 3.43. The van der Waals surface area contributed by atoms with Crippen molar-refractivity contribution in [2.45, 2.75) is 18.7 Å². The zero-order valence-electron chi connectivity index (χ0n) is 17.5. The fourth-order valence-corrected chi connectivity index (χ4v) is 4.63. The number of ketones is 1. The lowest BCUT2D eigenvalue weighted by molar-refractivity contribution is 0.106. The predicted molar refractivity (Wildman–Crippen MR) is 123 cm³/mol. The van der Waals surface area contributed by atoms with Crippen LogP contribution >= 0.6 is 0 Å². The molecule has 3 aromatic carbocycles. The van der Waals surface area contributed by atoms with Crippen LogP contribution < -0.4 is 0 Å². The number of nitrogens with zero attached hydrogens (tertiary/aromatic N) is 2. The number of carbonyl (C=O) groups is 1. The van der Waals surface area contributed by atoms with Crippen LogP contribution in [-0.4, -0.2) is 24.5 Å². The van der Waals surface area contributed by atoms with Gasteiger partial charge in [-0.05, 0) is 32.0 Å². The first-order valence-electron chi connectivity index (χ1n) is 9.85. The van der Waals surface area contributed by atoms with Gasteiger partial charge in [-0.1, -0.05) is 66.2 Å². The lowest BCUT2D eigenvalue weighted by Crippen LogP contribution is -2.19. The summed E-state index contributed by atoms with van der Waals surface area (Å²) in [5, 5.41) is 0.782. The summed E-state index contributed by atoms with van der Waals surface area (Å²) in [5.74, 6) is -0.435. The standard InChI is InChI=1S/C25H22N2O3S/c1-17-13-15-20(16-14-17)31(29,30)26-24(25(28)19-9-5-4-6-10-19)23-18(2)27(3)22-12-8-7-11-21(22)23/h4-16H,1-3H3/b26-24-. The molecule has 0 fully saturated rings. The van der Waals surface area contributed by atoms with E-state index in [1.807, 2.05) is 49.7 Å². The number of aryl methyl sites for hydroxylation is 2. The minimum atomic E-state index is -4.10. The molecule has 0 aliphatic rings. The van der Waals surface area contributed by atoms with E-state index < -0.39 is 15.8 Å². The fraction of sp³-hybridized carbons (Fsp3) is 0.120. The van der Waals surface area contributed by atoms with E-state index in [2.05, 4.69) is 4.40 Å². The van der Waals surface area contributed by atoms with Crippen molar-refractivity contribution < 1.29 is 13.2 Å². The molecule has 0 saturated carbocycles. The molecule has 0 saturated heterocycles. The van der Waals surface area contributed by atoms with E-state index in [9.17, 15) is 13.2 Å². The van der Waals surface area contributed by atoms with E-state index in [-0.39, 0.29) is 10.6 Å². The van der Waals surface area contributed by atoms with Gasteiger partial charge in [0.2, 0.25) is 5.78 Å². The van der Waals surface area contributed by atoms with Crippen molar-refractivity contribution in [3.05, 3.63) is 101 Å². The Labute approximate surface area is 181 Å². The summed E-state index contributed by atoms with van der Waals surface area (Å²) in [7, 11) is -2.21. The third kappa shape index (κ3) is 3.82. The van der Waals surface area contributed by atoms with Crippen molar-refractivity contribution in [2.24, 2.45) is 11.4 Å². The zero-order valence-corrected chi connectivity index (χ0v) is 18.3. The Morgan fingerprint density at radius 1 is 0.839 bits per heavy atom. The monoisotopic (exact) mass is 430 g/mol. The van der Waals surface area contributed by atoms with Gasteiger partial charge in [0.05, 0.1) is 4.90 Å². The van der Waals surface area contributed by atoms with E-state index in [4.69, 9.17) is 0 Å². The van der Waals surface area contributed by atoms with E-state index >= 15 is 0 Å². The number of hydrogen-bond donors (Lipinski definition) is 0. The molecule has 1 aromatic heterocycles. The number of para-hydroxylation sites is 1. The molecule has 5 nitrogen and oxygen atoms in total. The second-order valence-electron chi connectivity index (χ2n) is 7.46. The van der Waals surface area contributed by atoms with Crippen molar-refractivity contribution in [3.63, 3.8) is 0 Å². The number of rotatable bonds is 5. The highest BCUT2D eigenvalue weighted by molar-refractivity contribution is 7.90. The van der Waals surface area contributed by atoms with Gasteiger partial charge >= 0.3 is 0 Å². The largest absolute Gasteiger partial charge is 0.347 e. The fourth-order valence-electron chi connectivity index (χ4n) is 3.63. The van der Waals surface area contributed by atoms with Crippen molar-refractivity contribution in [2.75, 3.05) is 0 Å². The number of benzene rings is 3. The second-order valence-corrected chi connectivity index (χ2v) is 9.06. The third-order valence-corrected chi connectivity index (χ3v) is 6.71. The Hall–Kier alpha value is -3.51. The molecule has 1 heterocycles. The predicted octanol–water partition coefficient (Wildman–Crippen LogP) is 4.86. The average molecular weight is 431 g/mol. The van der Waals surface area contributed by atoms with Crippen molar-refractivity contribution in [1.82, 2.24) is 4.57 Å². The zero-order chi connectivity index (χ0) is 22.2. The quantitative estimate of drug-likeness (QED) is 0.336. The highest BCUT2D eigenvalue weighted by atomic mass is 32.2. The Bertz CT molecular complexity index is 1420. The van der Waals surface area contributed by atoms with Crippen LogP contribution in [0.3, 0.4) is 0 Å². The van der Waals surface area contributed by atoms with Gasteiger partial charge in [-0.15, -0.1) is 0 Å². The molecule has 4 aromatic rings. The SMILES string of the molecule is Cc1ccc(S(=O)(=O)/N=C(\C(=O)c2ccccc2)c2c(C)n(C)c3ccccc23)cc1. The molecule has 0 radical (unpaired) electrons. The number of carbonyl (C=O) groups excluding carboxylic acids is 1. The number of aromatic nitrogens is 1. The Kier molecular flexibility index (Phi) is 5.33. The van der Waals surface area contributed by atoms with Crippen molar-refractivity contribution in [1.29, 1.82) is 0 Å². The van der Waals surface area contributed by atoms with Crippen molar-refractivity contribution >= 4 is 32.4 Å². The lowest BCUT2D eigenvalue weighted by atomic mass is 9.98. The van der Waals surface area contributed by atoms with Gasteiger partial charge in [0, 0.05) is 34.8 Å². The molecule has 4 rings (SSSR count). The van der Waals surface area contributed by atoms with Crippen molar-refractivity contribution in [3.8, 4) is 0 Å². The maximum absolute atomic E-state index is 13.5. The van der Waals surface area contributed by atoms with Crippen LogP contribution in [0.5, 0.6) is 0 Å². The number of hydrogen-bond acceptors (Lipinski definition) is 3. The summed E-state index contributed by atoms with van der Waals surface area (Å²) in [6.45, 7) is 3.74. The van der Waals surface area contributed by atoms with Gasteiger partial charge in [0.15, 0.2) is 0 Å². The van der Waals surface area contributed by atoms with Crippen LogP contribution in [0, 0.1) is 13.8 Å². The van der Waals surface area contributed by atoms with E-state index in [0.717, 1.165) is 22.2 Å². The molecule has 156 valence electrons. The van der Waals surface area contributed by atoms with Gasteiger partial charge in [-0.25, -0.2) is 0 Å². The summed E-state index contributed by atoms with van der Waals surface area (Å²) >= 11 is 0. The smallest absolute Gasteiger partial charge is 0.283 e. The molecule has 0 aliphatic heterocycles. The van der Waals surface area contributed by atoms with Crippen LogP contribution in [0.2, 0.25) is 0 Å². The summed E-state index contributed by atoms with van der Waals surface area (Å²) in [6.07, 6.45) is 0. The third-order valence-electron chi connectivity index (χ3n) is 5.42. The molecule has 0 aliphatic carbocycles. The van der Waals surface area contributed by atoms with Gasteiger partial charge in [0.1, 0.15) is 5.71 Å². The minimum Gasteiger partial charge on any atom is -0.347 e. The van der Waals surface area contributed by atoms with Gasteiger partial charge < -0.3 is 4.57 Å². The average Bonchev–Trinajstić information content (AvgIpc) is 3.03. The number of sulfonamides is 1. The summed E-state index contributed by atoms with van der Waals surface area (Å²) in [6, 6.07) is 22.7. The van der Waals surface area contributed by atoms with E-state index in [1.165, 1.54) is 12.1 Å². The van der Waals surface area contributed by atoms with Gasteiger partial charge in [0.25, 0.3) is 10.0 Å². The topological polar surface area (TPSA) is 68.5 Å². The molecular formula is C25H22N2O3S. The summed E-state index contributed by atoms with van der Waals surface area (Å²) < 4.78 is 32.4. The number of Topliss-reactive ketones (excluding diaryl/α,β-unsaturated/α-hetero) is 1. The molecule has 0 atom stereocenters. The molecule has 0 bridgehead atoms. The second kappa shape index (κ2) is 7.96. The Balaban J connectivity index is 2.00. The molecule has 0 spiro atoms. The first kappa shape index (κ1) is 20.8. The Morgan fingerprint density at radius 2 is 1.45 bits per heavy atom. The maximum Gasteiger partial charge on any atom is 0.283 e. The molecule has 0 amide bonds. The molecule has 6 heteroatoms. The molecule has 31 heavy (non-hydrogen) atoms. The van der Waals surface area contributed by atoms with Crippen LogP contribution in [0.1, 0.15) is 27.2 Å². The maximum atomic E-state index is 13.5. The van der Waals surface area contributed by atoms with Crippen LogP contribution in [-0.2, 0) is 17.1 Å². The van der Waals surface area contributed by atoms with Crippen LogP contribution in [0.15, 0.2) is 88.2 Å². The van der Waals surface area contributed by atoms with Crippen LogP contribution in [0.25, 0.3) is 10.9 Å². The molecule has 0 unspecified atom stereocenters. The first-order valence-corrected chi connectivity index (χ1v) is 11.3. The van der Waals surface area contributed by atoms with Crippen LogP contribution in [0.4, 0.5) is 0 Å². The number of fused-ring (bicyclic) bond motifs is 1. The first-order chi connectivity index (χ1) is 14.8. The van der Waals surface area contributed by atoms with E-state index in [1.54, 1.807) is 42.5 Å². The van der Waals surface area contributed by atoms with Gasteiger partial charge in [-0.2, -0.15) is 12.8 Å². The minimum absolute atomic E-state index is 0.0503. The Morgan fingerprint density at radius 3 is 2.13 bits per heavy atom. The molecular weight excluding hydrogens is 408 g/mol. The molecule has 0 N–H and O–H groups in total. The highest BCUT2D eigenvalue weighted by Crippen LogP contribution is 2.28. The normalized spacial score (nSPS) is 12.3. The summed E-state index contributed by atoms with van der Waals surface area (Å²) in [4.78, 5) is 13.6. The highest BCUT2D eigenvalue weighted by Gasteiger charge is 2.26. The van der Waals surface area contributed by atoms with Gasteiger partial charge in [-0.3, -0.25) is 4.79 Å². The van der Waals surface area contributed by atoms with E-state index in [0.29, 0.717) is 11.1 Å².